The molecule has 1 unspecified atom stereocenters. The van der Waals surface area contributed by atoms with Gasteiger partial charge in [0.2, 0.25) is 0 Å². The van der Waals surface area contributed by atoms with Crippen LogP contribution in [0.5, 0.6) is 5.75 Å². The van der Waals surface area contributed by atoms with Crippen LogP contribution in [0.15, 0.2) is 24.5 Å². The Morgan fingerprint density at radius 1 is 1.25 bits per heavy atom. The van der Waals surface area contributed by atoms with Crippen molar-refractivity contribution in [3.8, 4) is 5.75 Å². The summed E-state index contributed by atoms with van der Waals surface area (Å²) >= 11 is 0. The second-order valence-electron chi connectivity index (χ2n) is 5.03. The van der Waals surface area contributed by atoms with E-state index in [1.54, 1.807) is 13.3 Å². The largest absolute Gasteiger partial charge is 0.496 e. The van der Waals surface area contributed by atoms with Crippen LogP contribution in [0.25, 0.3) is 0 Å². The summed E-state index contributed by atoms with van der Waals surface area (Å²) in [5, 5.41) is 0. The summed E-state index contributed by atoms with van der Waals surface area (Å²) in [6.45, 7) is 6.00. The number of nitrogens with two attached hydrogens (primary N) is 1. The Kier molecular flexibility index (Phi) is 4.35. The summed E-state index contributed by atoms with van der Waals surface area (Å²) in [6.07, 6.45) is 4.29. The Morgan fingerprint density at radius 2 is 2.00 bits per heavy atom. The van der Waals surface area contributed by atoms with E-state index in [0.29, 0.717) is 6.42 Å². The number of hydrogen-bond donors (Lipinski definition) is 1. The van der Waals surface area contributed by atoms with Crippen molar-refractivity contribution in [2.75, 3.05) is 7.11 Å². The maximum Gasteiger partial charge on any atom is 0.128 e. The van der Waals surface area contributed by atoms with Gasteiger partial charge in [0.25, 0.3) is 0 Å². The lowest BCUT2D eigenvalue weighted by Crippen LogP contribution is -2.17. The number of nitrogens with zero attached hydrogens (tertiary/aromatic N) is 2. The SMILES string of the molecule is COc1c(C)cnc(CC(N)c2cccnc2C)c1C. The minimum atomic E-state index is -0.109. The average molecular weight is 271 g/mol. The van der Waals surface area contributed by atoms with Crippen LogP contribution < -0.4 is 10.5 Å². The summed E-state index contributed by atoms with van der Waals surface area (Å²) in [5.74, 6) is 0.894. The zero-order valence-electron chi connectivity index (χ0n) is 12.5. The first-order chi connectivity index (χ1) is 9.54. The number of methoxy groups -OCH3 is 1. The molecule has 0 amide bonds. The lowest BCUT2D eigenvalue weighted by atomic mass is 9.98. The molecule has 0 aliphatic heterocycles. The van der Waals surface area contributed by atoms with Crippen molar-refractivity contribution < 1.29 is 4.74 Å². The topological polar surface area (TPSA) is 61.0 Å². The van der Waals surface area contributed by atoms with Gasteiger partial charge in [0, 0.05) is 47.4 Å². The first-order valence-electron chi connectivity index (χ1n) is 6.70. The summed E-state index contributed by atoms with van der Waals surface area (Å²) in [7, 11) is 1.68. The van der Waals surface area contributed by atoms with Gasteiger partial charge in [-0.3, -0.25) is 9.97 Å². The fourth-order valence-electron chi connectivity index (χ4n) is 2.48. The van der Waals surface area contributed by atoms with Crippen LogP contribution in [-0.4, -0.2) is 17.1 Å². The highest BCUT2D eigenvalue weighted by Crippen LogP contribution is 2.26. The summed E-state index contributed by atoms with van der Waals surface area (Å²) in [4.78, 5) is 8.79. The molecular weight excluding hydrogens is 250 g/mol. The maximum atomic E-state index is 6.31. The van der Waals surface area contributed by atoms with Gasteiger partial charge in [-0.1, -0.05) is 6.07 Å². The first-order valence-corrected chi connectivity index (χ1v) is 6.70. The van der Waals surface area contributed by atoms with E-state index in [-0.39, 0.29) is 6.04 Å². The van der Waals surface area contributed by atoms with Gasteiger partial charge in [0.05, 0.1) is 7.11 Å². The molecule has 0 fully saturated rings. The quantitative estimate of drug-likeness (QED) is 0.928. The number of aryl methyl sites for hydroxylation is 2. The van der Waals surface area contributed by atoms with Crippen LogP contribution in [-0.2, 0) is 6.42 Å². The molecule has 0 spiro atoms. The molecule has 106 valence electrons. The molecule has 0 bridgehead atoms. The van der Waals surface area contributed by atoms with E-state index in [1.807, 2.05) is 39.1 Å². The monoisotopic (exact) mass is 271 g/mol. The third-order valence-electron chi connectivity index (χ3n) is 3.61. The maximum absolute atomic E-state index is 6.31. The molecule has 0 saturated heterocycles. The van der Waals surface area contributed by atoms with Crippen LogP contribution in [0, 0.1) is 20.8 Å². The second kappa shape index (κ2) is 6.01. The van der Waals surface area contributed by atoms with Crippen LogP contribution in [0.1, 0.15) is 34.1 Å². The van der Waals surface area contributed by atoms with Gasteiger partial charge >= 0.3 is 0 Å². The molecular formula is C16H21N3O. The molecule has 0 aliphatic carbocycles. The van der Waals surface area contributed by atoms with Crippen molar-refractivity contribution in [2.24, 2.45) is 5.73 Å². The normalized spacial score (nSPS) is 12.2. The van der Waals surface area contributed by atoms with Gasteiger partial charge in [-0.2, -0.15) is 0 Å². The summed E-state index contributed by atoms with van der Waals surface area (Å²) in [5.41, 5.74) is 11.4. The zero-order chi connectivity index (χ0) is 14.7. The fourth-order valence-corrected chi connectivity index (χ4v) is 2.48. The van der Waals surface area contributed by atoms with Gasteiger partial charge in [0.1, 0.15) is 5.75 Å². The van der Waals surface area contributed by atoms with E-state index in [4.69, 9.17) is 10.5 Å². The van der Waals surface area contributed by atoms with Gasteiger partial charge in [-0.25, -0.2) is 0 Å². The van der Waals surface area contributed by atoms with E-state index in [2.05, 4.69) is 9.97 Å². The third kappa shape index (κ3) is 2.80. The number of aromatic nitrogens is 2. The summed E-state index contributed by atoms with van der Waals surface area (Å²) < 4.78 is 5.43. The Labute approximate surface area is 120 Å². The molecule has 0 aliphatic rings. The summed E-state index contributed by atoms with van der Waals surface area (Å²) in [6, 6.07) is 3.83. The predicted octanol–water partition coefficient (Wildman–Crippen LogP) is 2.65. The lowest BCUT2D eigenvalue weighted by molar-refractivity contribution is 0.406. The van der Waals surface area contributed by atoms with E-state index in [9.17, 15) is 0 Å². The average Bonchev–Trinajstić information content (AvgIpc) is 2.43. The van der Waals surface area contributed by atoms with Crippen molar-refractivity contribution >= 4 is 0 Å². The molecule has 0 saturated carbocycles. The van der Waals surface area contributed by atoms with E-state index < -0.39 is 0 Å². The molecule has 2 N–H and O–H groups in total. The fraction of sp³-hybridized carbons (Fsp3) is 0.375. The van der Waals surface area contributed by atoms with Crippen LogP contribution in [0.3, 0.4) is 0 Å². The standard InChI is InChI=1S/C16H21N3O/c1-10-9-19-15(11(2)16(10)20-4)8-14(17)13-6-5-7-18-12(13)3/h5-7,9,14H,8,17H2,1-4H3. The van der Waals surface area contributed by atoms with E-state index in [0.717, 1.165) is 33.8 Å². The number of ether oxygens (including phenoxy) is 1. The third-order valence-corrected chi connectivity index (χ3v) is 3.61. The van der Waals surface area contributed by atoms with Gasteiger partial charge in [0.15, 0.2) is 0 Å². The van der Waals surface area contributed by atoms with Crippen molar-refractivity contribution in [3.05, 3.63) is 52.6 Å². The number of hydrogen-bond acceptors (Lipinski definition) is 4. The molecule has 4 nitrogen and oxygen atoms in total. The van der Waals surface area contributed by atoms with E-state index >= 15 is 0 Å². The Bertz CT molecular complexity index is 611. The zero-order valence-corrected chi connectivity index (χ0v) is 12.5. The van der Waals surface area contributed by atoms with Crippen molar-refractivity contribution in [2.45, 2.75) is 33.2 Å². The van der Waals surface area contributed by atoms with Gasteiger partial charge in [-0.15, -0.1) is 0 Å². The molecule has 1 atom stereocenters. The smallest absolute Gasteiger partial charge is 0.128 e. The Balaban J connectivity index is 2.29. The molecule has 0 radical (unpaired) electrons. The molecule has 2 aromatic heterocycles. The first kappa shape index (κ1) is 14.5. The van der Waals surface area contributed by atoms with Crippen LogP contribution >= 0.6 is 0 Å². The van der Waals surface area contributed by atoms with Gasteiger partial charge in [-0.05, 0) is 32.4 Å². The van der Waals surface area contributed by atoms with Crippen molar-refractivity contribution in [1.82, 2.24) is 9.97 Å². The molecule has 2 heterocycles. The number of pyridine rings is 2. The number of rotatable bonds is 4. The van der Waals surface area contributed by atoms with Crippen LogP contribution in [0.2, 0.25) is 0 Å². The Morgan fingerprint density at radius 3 is 2.65 bits per heavy atom. The highest BCUT2D eigenvalue weighted by atomic mass is 16.5. The molecule has 4 heteroatoms. The minimum absolute atomic E-state index is 0.109. The van der Waals surface area contributed by atoms with Crippen LogP contribution in [0.4, 0.5) is 0 Å². The highest BCUT2D eigenvalue weighted by molar-refractivity contribution is 5.41. The molecule has 0 aromatic carbocycles. The van der Waals surface area contributed by atoms with Crippen molar-refractivity contribution in [1.29, 1.82) is 0 Å². The minimum Gasteiger partial charge on any atom is -0.496 e. The molecule has 2 aromatic rings. The lowest BCUT2D eigenvalue weighted by Gasteiger charge is -2.17. The highest BCUT2D eigenvalue weighted by Gasteiger charge is 2.15. The molecule has 20 heavy (non-hydrogen) atoms. The molecule has 2 rings (SSSR count). The van der Waals surface area contributed by atoms with Gasteiger partial charge < -0.3 is 10.5 Å². The van der Waals surface area contributed by atoms with Crippen molar-refractivity contribution in [3.63, 3.8) is 0 Å². The Hall–Kier alpha value is -1.94. The van der Waals surface area contributed by atoms with E-state index in [1.165, 1.54) is 0 Å². The predicted molar refractivity (Wildman–Crippen MR) is 79.9 cm³/mol. The second-order valence-corrected chi connectivity index (χ2v) is 5.03.